The van der Waals surface area contributed by atoms with Gasteiger partial charge in [0.25, 0.3) is 11.8 Å². The largest absolute Gasteiger partial charge is 0.497 e. The second-order valence-corrected chi connectivity index (χ2v) is 13.6. The van der Waals surface area contributed by atoms with Crippen molar-refractivity contribution in [2.24, 2.45) is 0 Å². The number of hydrogen-bond donors (Lipinski definition) is 2. The van der Waals surface area contributed by atoms with Crippen molar-refractivity contribution < 1.29 is 28.4 Å². The number of ether oxygens (including phenoxy) is 2. The van der Waals surface area contributed by atoms with Crippen LogP contribution in [0.5, 0.6) is 11.5 Å². The molecular weight excluding hydrogens is 787 g/mol. The molecule has 260 valence electrons. The van der Waals surface area contributed by atoms with E-state index in [1.54, 1.807) is 68.8 Å². The third-order valence-electron chi connectivity index (χ3n) is 8.51. The van der Waals surface area contributed by atoms with E-state index < -0.39 is 17.2 Å². The average molecular weight is 825 g/mol. The Kier molecular flexibility index (Phi) is 12.0. The summed E-state index contributed by atoms with van der Waals surface area (Å²) in [6, 6.07) is 19.6. The minimum atomic E-state index is -0.551. The van der Waals surface area contributed by atoms with E-state index in [0.717, 1.165) is 21.8 Å². The molecule has 1 saturated heterocycles. The number of rotatable bonds is 12. The second-order valence-electron chi connectivity index (χ2n) is 11.9. The Balaban J connectivity index is 1.50. The molecule has 3 aromatic carbocycles. The summed E-state index contributed by atoms with van der Waals surface area (Å²) < 4.78 is 20.7. The van der Waals surface area contributed by atoms with Crippen LogP contribution in [0.15, 0.2) is 107 Å². The number of anilines is 3. The fourth-order valence-electron chi connectivity index (χ4n) is 5.93. The van der Waals surface area contributed by atoms with Gasteiger partial charge in [-0.05, 0) is 103 Å². The zero-order valence-corrected chi connectivity index (χ0v) is 31.8. The van der Waals surface area contributed by atoms with Gasteiger partial charge in [0.1, 0.15) is 17.1 Å². The lowest BCUT2D eigenvalue weighted by molar-refractivity contribution is -0.121. The van der Waals surface area contributed by atoms with Gasteiger partial charge in [0, 0.05) is 46.8 Å². The molecule has 0 unspecified atom stereocenters. The van der Waals surface area contributed by atoms with E-state index in [4.69, 9.17) is 21.7 Å². The van der Waals surface area contributed by atoms with Crippen LogP contribution in [0.1, 0.15) is 25.8 Å². The smallest absolute Gasteiger partial charge is 0.270 e. The number of carbonyl (C=O) groups excluding carboxylic acids is 3. The van der Waals surface area contributed by atoms with Crippen molar-refractivity contribution in [1.29, 1.82) is 0 Å². The highest BCUT2D eigenvalue weighted by molar-refractivity contribution is 14.1. The molecule has 10 nitrogen and oxygen atoms in total. The number of benzene rings is 3. The predicted octanol–water partition coefficient (Wildman–Crippen LogP) is 7.04. The molecular formula is C37H37IN4O6S2. The topological polar surface area (TPSA) is 112 Å². The predicted molar refractivity (Wildman–Crippen MR) is 211 cm³/mol. The average Bonchev–Trinajstić information content (AvgIpc) is 3.34. The summed E-state index contributed by atoms with van der Waals surface area (Å²) in [7, 11) is 3.11. The number of alkyl halides is 1. The molecule has 50 heavy (non-hydrogen) atoms. The summed E-state index contributed by atoms with van der Waals surface area (Å²) in [6.45, 7) is 5.41. The highest BCUT2D eigenvalue weighted by Gasteiger charge is 2.42. The normalized spacial score (nSPS) is 16.4. The number of fused-ring (bicyclic) bond motifs is 1. The Morgan fingerprint density at radius 3 is 2.00 bits per heavy atom. The molecule has 0 bridgehead atoms. The zero-order chi connectivity index (χ0) is 36.0. The maximum absolute atomic E-state index is 14.0. The van der Waals surface area contributed by atoms with Gasteiger partial charge in [0.15, 0.2) is 5.11 Å². The van der Waals surface area contributed by atoms with Gasteiger partial charge >= 0.3 is 0 Å². The van der Waals surface area contributed by atoms with Gasteiger partial charge in [0.2, 0.25) is 5.91 Å². The molecule has 0 aliphatic carbocycles. The van der Waals surface area contributed by atoms with Crippen LogP contribution >= 0.6 is 46.9 Å². The molecule has 3 aromatic rings. The van der Waals surface area contributed by atoms with E-state index in [1.807, 2.05) is 52.9 Å². The Labute approximate surface area is 315 Å². The lowest BCUT2D eigenvalue weighted by Gasteiger charge is -2.36. The minimum Gasteiger partial charge on any atom is -0.497 e. The van der Waals surface area contributed by atoms with Crippen LogP contribution in [0.3, 0.4) is 0 Å². The lowest BCUT2D eigenvalue weighted by Crippen LogP contribution is -2.57. The van der Waals surface area contributed by atoms with Crippen molar-refractivity contribution >= 4 is 86.7 Å². The first-order valence-electron chi connectivity index (χ1n) is 15.7. The molecule has 0 aromatic heterocycles. The Morgan fingerprint density at radius 2 is 1.48 bits per heavy atom. The Hall–Kier alpha value is -4.18. The number of hydrogen-bond acceptors (Lipinski definition) is 9. The molecule has 2 N–H and O–H groups in total. The molecule has 1 fully saturated rings. The van der Waals surface area contributed by atoms with Crippen LogP contribution in [0.2, 0.25) is 0 Å². The number of amides is 3. The summed E-state index contributed by atoms with van der Waals surface area (Å²) >= 11 is 8.49. The summed E-state index contributed by atoms with van der Waals surface area (Å²) in [5.41, 5.74) is 3.54. The van der Waals surface area contributed by atoms with Gasteiger partial charge in [0.05, 0.1) is 30.0 Å². The molecule has 0 radical (unpaired) electrons. The molecule has 2 aliphatic rings. The van der Waals surface area contributed by atoms with Crippen LogP contribution in [0, 0.1) is 0 Å². The van der Waals surface area contributed by atoms with Crippen molar-refractivity contribution in [3.63, 3.8) is 0 Å². The van der Waals surface area contributed by atoms with E-state index in [-0.39, 0.29) is 16.6 Å². The Bertz CT molecular complexity index is 1800. The van der Waals surface area contributed by atoms with Gasteiger partial charge in [-0.25, -0.2) is 0 Å². The van der Waals surface area contributed by atoms with E-state index in [0.29, 0.717) is 58.9 Å². The zero-order valence-electron chi connectivity index (χ0n) is 28.0. The third kappa shape index (κ3) is 7.60. The van der Waals surface area contributed by atoms with Gasteiger partial charge in [-0.3, -0.25) is 24.2 Å². The molecule has 2 heterocycles. The summed E-state index contributed by atoms with van der Waals surface area (Å²) in [6.07, 6.45) is 7.68. The minimum absolute atomic E-state index is 0.00668. The first kappa shape index (κ1) is 37.1. The van der Waals surface area contributed by atoms with Gasteiger partial charge < -0.3 is 24.2 Å². The van der Waals surface area contributed by atoms with Crippen LogP contribution in [-0.4, -0.2) is 59.1 Å². The standard InChI is InChI=1S/C37H37IN4O6S2/c1-37(2)30-22-28(50-46)18-19-31(30)40(21-7-20-39-33(43)23-38)32(37)9-6-5-8-29-34(44)41(24-10-14-26(47-3)15-11-24)36(49)42(35(29)45)25-12-16-27(48-4)17-13-25/h5-6,8-19,22,46H,7,20-21,23H2,1-4H3,(H,39,43)/b6-5+,32-9+. The maximum Gasteiger partial charge on any atom is 0.270 e. The van der Waals surface area contributed by atoms with Crippen LogP contribution < -0.4 is 29.5 Å². The monoisotopic (exact) mass is 824 g/mol. The summed E-state index contributed by atoms with van der Waals surface area (Å²) in [4.78, 5) is 45.4. The van der Waals surface area contributed by atoms with Crippen molar-refractivity contribution in [2.45, 2.75) is 30.6 Å². The summed E-state index contributed by atoms with van der Waals surface area (Å²) in [5, 5.41) is 2.95. The molecule has 13 heteroatoms. The van der Waals surface area contributed by atoms with E-state index in [1.165, 1.54) is 15.9 Å². The quantitative estimate of drug-likeness (QED) is 0.0378. The van der Waals surface area contributed by atoms with Crippen molar-refractivity contribution in [1.82, 2.24) is 5.32 Å². The van der Waals surface area contributed by atoms with Gasteiger partial charge in [-0.15, -0.1) is 0 Å². The molecule has 0 atom stereocenters. The maximum atomic E-state index is 14.0. The fourth-order valence-corrected chi connectivity index (χ4v) is 6.88. The molecule has 3 amide bonds. The third-order valence-corrected chi connectivity index (χ3v) is 10.0. The van der Waals surface area contributed by atoms with Crippen molar-refractivity contribution in [2.75, 3.05) is 46.4 Å². The van der Waals surface area contributed by atoms with Crippen molar-refractivity contribution in [3.8, 4) is 11.5 Å². The van der Waals surface area contributed by atoms with E-state index in [2.05, 4.69) is 24.1 Å². The number of thiocarbonyl (C=S) groups is 1. The highest BCUT2D eigenvalue weighted by Crippen LogP contribution is 2.48. The van der Waals surface area contributed by atoms with E-state index >= 15 is 0 Å². The molecule has 0 saturated carbocycles. The van der Waals surface area contributed by atoms with Crippen molar-refractivity contribution in [3.05, 3.63) is 108 Å². The highest BCUT2D eigenvalue weighted by atomic mass is 127. The lowest BCUT2D eigenvalue weighted by atomic mass is 9.83. The number of methoxy groups -OCH3 is 2. The number of nitrogens with zero attached hydrogens (tertiary/aromatic N) is 3. The number of nitrogens with one attached hydrogen (secondary N) is 1. The second kappa shape index (κ2) is 16.2. The molecule has 5 rings (SSSR count). The first-order valence-corrected chi connectivity index (χ1v) is 18.4. The fraction of sp³-hybridized carbons (Fsp3) is 0.243. The van der Waals surface area contributed by atoms with Crippen LogP contribution in [0.25, 0.3) is 0 Å². The van der Waals surface area contributed by atoms with Gasteiger partial charge in [-0.1, -0.05) is 48.6 Å². The first-order chi connectivity index (χ1) is 24.0. The van der Waals surface area contributed by atoms with E-state index in [9.17, 15) is 18.9 Å². The number of halogens is 1. The molecule has 2 aliphatic heterocycles. The van der Waals surface area contributed by atoms with Crippen LogP contribution in [-0.2, 0) is 19.8 Å². The summed E-state index contributed by atoms with van der Waals surface area (Å²) in [5.74, 6) is 0.117. The van der Waals surface area contributed by atoms with Gasteiger partial charge in [-0.2, -0.15) is 0 Å². The molecule has 0 spiro atoms. The Morgan fingerprint density at radius 1 is 0.920 bits per heavy atom. The number of carbonyl (C=O) groups is 3. The number of allylic oxidation sites excluding steroid dienone is 5. The van der Waals surface area contributed by atoms with Crippen LogP contribution in [0.4, 0.5) is 17.1 Å². The SMILES string of the molecule is COc1ccc(N2C(=O)C(=C/C=C/C=C3/N(CCCNC(=O)CI)c4ccc(SO)cc4C3(C)C)C(=O)N(c3ccc(OC)cc3)C2=S)cc1.